The molecule has 3 heterocycles. The molecule has 2 aromatic heterocycles. The Kier molecular flexibility index (Phi) is 3.73. The quantitative estimate of drug-likeness (QED) is 0.911. The molecule has 0 amide bonds. The fourth-order valence-corrected chi connectivity index (χ4v) is 3.85. The van der Waals surface area contributed by atoms with E-state index in [-0.39, 0.29) is 11.8 Å². The summed E-state index contributed by atoms with van der Waals surface area (Å²) >= 11 is 0. The molecule has 2 aromatic rings. The van der Waals surface area contributed by atoms with E-state index in [1.165, 1.54) is 0 Å². The molecule has 108 valence electrons. The molecule has 6 nitrogen and oxygen atoms in total. The molecule has 0 aromatic carbocycles. The fourth-order valence-electron chi connectivity index (χ4n) is 2.45. The van der Waals surface area contributed by atoms with Gasteiger partial charge in [0.2, 0.25) is 10.0 Å². The van der Waals surface area contributed by atoms with Crippen molar-refractivity contribution >= 4 is 15.5 Å². The molecule has 0 aliphatic carbocycles. The van der Waals surface area contributed by atoms with Crippen molar-refractivity contribution in [1.82, 2.24) is 14.3 Å². The number of hydrogen-bond acceptors (Lipinski definition) is 4. The predicted molar refractivity (Wildman–Crippen MR) is 74.8 cm³/mol. The van der Waals surface area contributed by atoms with E-state index in [4.69, 9.17) is 4.74 Å². The predicted octanol–water partition coefficient (Wildman–Crippen LogP) is 0.933. The van der Waals surface area contributed by atoms with Crippen molar-refractivity contribution in [3.8, 4) is 0 Å². The number of sulfonamides is 1. The van der Waals surface area contributed by atoms with Crippen molar-refractivity contribution in [2.45, 2.75) is 24.6 Å². The van der Waals surface area contributed by atoms with E-state index in [0.29, 0.717) is 26.1 Å². The fraction of sp³-hybridized carbons (Fsp3) is 0.462. The summed E-state index contributed by atoms with van der Waals surface area (Å²) < 4.78 is 34.1. The van der Waals surface area contributed by atoms with Gasteiger partial charge in [-0.25, -0.2) is 17.7 Å². The first-order chi connectivity index (χ1) is 9.67. The summed E-state index contributed by atoms with van der Waals surface area (Å²) in [6.45, 7) is 1.32. The molecule has 20 heavy (non-hydrogen) atoms. The number of fused-ring (bicyclic) bond motifs is 1. The van der Waals surface area contributed by atoms with Crippen LogP contribution in [0.3, 0.4) is 0 Å². The number of ether oxygens (including phenoxy) is 1. The van der Waals surface area contributed by atoms with E-state index in [2.05, 4.69) is 9.82 Å². The van der Waals surface area contributed by atoms with Crippen molar-refractivity contribution in [2.24, 2.45) is 0 Å². The zero-order valence-electron chi connectivity index (χ0n) is 11.0. The van der Waals surface area contributed by atoms with Crippen molar-refractivity contribution < 1.29 is 13.2 Å². The van der Waals surface area contributed by atoms with Crippen LogP contribution < -0.4 is 4.72 Å². The minimum Gasteiger partial charge on any atom is -0.381 e. The molecular formula is C13H17N3O3S. The number of nitrogens with one attached hydrogen (secondary N) is 1. The third kappa shape index (κ3) is 2.70. The van der Waals surface area contributed by atoms with E-state index >= 15 is 0 Å². The lowest BCUT2D eigenvalue weighted by molar-refractivity contribution is 0.0981. The molecule has 0 spiro atoms. The normalized spacial score (nSPS) is 17.6. The van der Waals surface area contributed by atoms with Gasteiger partial charge in [-0.15, -0.1) is 0 Å². The van der Waals surface area contributed by atoms with Gasteiger partial charge in [-0.3, -0.25) is 0 Å². The number of hydrogen-bond donors (Lipinski definition) is 1. The summed E-state index contributed by atoms with van der Waals surface area (Å²) in [6.07, 6.45) is 4.66. The third-order valence-corrected chi connectivity index (χ3v) is 5.49. The van der Waals surface area contributed by atoms with Gasteiger partial charge in [0.05, 0.1) is 10.8 Å². The van der Waals surface area contributed by atoms with Gasteiger partial charge in [-0.05, 0) is 30.5 Å². The van der Waals surface area contributed by atoms with Gasteiger partial charge < -0.3 is 4.74 Å². The van der Waals surface area contributed by atoms with Gasteiger partial charge in [-0.2, -0.15) is 5.10 Å². The molecule has 1 saturated heterocycles. The Balaban J connectivity index is 1.74. The highest BCUT2D eigenvalue weighted by molar-refractivity contribution is 7.90. The van der Waals surface area contributed by atoms with E-state index in [1.807, 2.05) is 24.4 Å². The number of aromatic nitrogens is 2. The first-order valence-electron chi connectivity index (χ1n) is 6.64. The standard InChI is InChI=1S/C13H17N3O3S/c17-20(18,12-4-8-19-9-5-12)15-10-11-2-1-7-16-13(11)3-6-14-16/h1-3,6-7,12,15H,4-5,8-10H2. The summed E-state index contributed by atoms with van der Waals surface area (Å²) in [6, 6.07) is 5.64. The van der Waals surface area contributed by atoms with Crippen LogP contribution in [0.5, 0.6) is 0 Å². The summed E-state index contributed by atoms with van der Waals surface area (Å²) in [5, 5.41) is 3.79. The number of nitrogens with zero attached hydrogens (tertiary/aromatic N) is 2. The molecule has 0 bridgehead atoms. The molecule has 0 radical (unpaired) electrons. The van der Waals surface area contributed by atoms with Crippen LogP contribution >= 0.6 is 0 Å². The highest BCUT2D eigenvalue weighted by Gasteiger charge is 2.27. The molecular weight excluding hydrogens is 278 g/mol. The maximum atomic E-state index is 12.2. The number of pyridine rings is 1. The van der Waals surface area contributed by atoms with Gasteiger partial charge in [0.25, 0.3) is 0 Å². The first kappa shape index (κ1) is 13.5. The molecule has 1 aliphatic rings. The lowest BCUT2D eigenvalue weighted by Gasteiger charge is -2.22. The van der Waals surface area contributed by atoms with Gasteiger partial charge in [0.1, 0.15) is 0 Å². The summed E-state index contributed by atoms with van der Waals surface area (Å²) in [5.41, 5.74) is 1.84. The van der Waals surface area contributed by atoms with Crippen LogP contribution in [0.4, 0.5) is 0 Å². The van der Waals surface area contributed by atoms with Crippen LogP contribution in [0.25, 0.3) is 5.52 Å². The Bertz CT molecular complexity index is 690. The highest BCUT2D eigenvalue weighted by Crippen LogP contribution is 2.16. The van der Waals surface area contributed by atoms with E-state index in [0.717, 1.165) is 11.1 Å². The topological polar surface area (TPSA) is 72.7 Å². The SMILES string of the molecule is O=S(=O)(NCc1cccn2nccc12)C1CCOCC1. The Morgan fingerprint density at radius 1 is 1.35 bits per heavy atom. The molecule has 1 fully saturated rings. The molecule has 1 aliphatic heterocycles. The van der Waals surface area contributed by atoms with Gasteiger partial charge >= 0.3 is 0 Å². The van der Waals surface area contributed by atoms with Gasteiger partial charge in [0.15, 0.2) is 0 Å². The zero-order valence-corrected chi connectivity index (χ0v) is 11.8. The molecule has 3 rings (SSSR count). The average molecular weight is 295 g/mol. The minimum absolute atomic E-state index is 0.287. The second-order valence-electron chi connectivity index (χ2n) is 4.87. The van der Waals surface area contributed by atoms with Crippen LogP contribution in [0, 0.1) is 0 Å². The van der Waals surface area contributed by atoms with Crippen molar-refractivity contribution in [2.75, 3.05) is 13.2 Å². The summed E-state index contributed by atoms with van der Waals surface area (Å²) in [4.78, 5) is 0. The van der Waals surface area contributed by atoms with Gasteiger partial charge in [0, 0.05) is 32.2 Å². The highest BCUT2D eigenvalue weighted by atomic mass is 32.2. The van der Waals surface area contributed by atoms with E-state index < -0.39 is 10.0 Å². The van der Waals surface area contributed by atoms with E-state index in [9.17, 15) is 8.42 Å². The molecule has 7 heteroatoms. The maximum Gasteiger partial charge on any atom is 0.214 e. The Morgan fingerprint density at radius 3 is 2.95 bits per heavy atom. The zero-order chi connectivity index (χ0) is 14.0. The Hall–Kier alpha value is -1.44. The largest absolute Gasteiger partial charge is 0.381 e. The van der Waals surface area contributed by atoms with Crippen LogP contribution in [0.2, 0.25) is 0 Å². The van der Waals surface area contributed by atoms with Crippen molar-refractivity contribution in [3.63, 3.8) is 0 Å². The minimum atomic E-state index is -3.29. The second kappa shape index (κ2) is 5.51. The molecule has 0 unspecified atom stereocenters. The third-order valence-electron chi connectivity index (χ3n) is 3.59. The molecule has 0 atom stereocenters. The summed E-state index contributed by atoms with van der Waals surface area (Å²) in [7, 11) is -3.29. The molecule has 0 saturated carbocycles. The smallest absolute Gasteiger partial charge is 0.214 e. The van der Waals surface area contributed by atoms with E-state index in [1.54, 1.807) is 10.7 Å². The summed E-state index contributed by atoms with van der Waals surface area (Å²) in [5.74, 6) is 0. The average Bonchev–Trinajstić information content (AvgIpc) is 2.95. The lowest BCUT2D eigenvalue weighted by atomic mass is 10.2. The lowest BCUT2D eigenvalue weighted by Crippen LogP contribution is -2.37. The van der Waals surface area contributed by atoms with Crippen LogP contribution in [-0.4, -0.2) is 36.5 Å². The van der Waals surface area contributed by atoms with Crippen LogP contribution in [0.15, 0.2) is 30.6 Å². The molecule has 1 N–H and O–H groups in total. The monoisotopic (exact) mass is 295 g/mol. The van der Waals surface area contributed by atoms with Gasteiger partial charge in [-0.1, -0.05) is 6.07 Å². The van der Waals surface area contributed by atoms with Crippen LogP contribution in [-0.2, 0) is 21.3 Å². The first-order valence-corrected chi connectivity index (χ1v) is 8.19. The van der Waals surface area contributed by atoms with Crippen molar-refractivity contribution in [3.05, 3.63) is 36.2 Å². The number of rotatable bonds is 4. The second-order valence-corrected chi connectivity index (χ2v) is 6.92. The maximum absolute atomic E-state index is 12.2. The van der Waals surface area contributed by atoms with Crippen molar-refractivity contribution in [1.29, 1.82) is 0 Å². The Labute approximate surface area is 117 Å². The van der Waals surface area contributed by atoms with Crippen LogP contribution in [0.1, 0.15) is 18.4 Å². The Morgan fingerprint density at radius 2 is 2.15 bits per heavy atom.